The lowest BCUT2D eigenvalue weighted by Crippen LogP contribution is -2.54. The Morgan fingerprint density at radius 2 is 2.00 bits per heavy atom. The summed E-state index contributed by atoms with van der Waals surface area (Å²) >= 11 is 0. The number of carbonyl (C=O) groups excluding carboxylic acids is 1. The SMILES string of the molecule is CC(C)(C)OC(=O)N(CC1(C(=N)NO)CCC1)C1CC1c1ccccc1. The minimum absolute atomic E-state index is 0.0798. The molecule has 2 saturated carbocycles. The van der Waals surface area contributed by atoms with Crippen LogP contribution in [0.1, 0.15) is 57.9 Å². The summed E-state index contributed by atoms with van der Waals surface area (Å²) in [5.41, 5.74) is 2.17. The van der Waals surface area contributed by atoms with E-state index in [0.717, 1.165) is 25.7 Å². The van der Waals surface area contributed by atoms with Crippen molar-refractivity contribution in [2.24, 2.45) is 5.41 Å². The largest absolute Gasteiger partial charge is 0.444 e. The molecule has 2 aliphatic rings. The van der Waals surface area contributed by atoms with E-state index in [-0.39, 0.29) is 18.0 Å². The molecule has 0 aromatic heterocycles. The molecule has 2 fully saturated rings. The van der Waals surface area contributed by atoms with Crippen LogP contribution in [-0.4, -0.2) is 40.2 Å². The van der Waals surface area contributed by atoms with Gasteiger partial charge in [-0.1, -0.05) is 36.8 Å². The molecule has 2 unspecified atom stereocenters. The van der Waals surface area contributed by atoms with Crippen LogP contribution in [0.15, 0.2) is 30.3 Å². The number of hydrogen-bond acceptors (Lipinski definition) is 4. The highest BCUT2D eigenvalue weighted by Gasteiger charge is 2.51. The Kier molecular flexibility index (Phi) is 4.97. The quantitative estimate of drug-likeness (QED) is 0.423. The molecular formula is C20H29N3O3. The molecule has 0 aliphatic heterocycles. The minimum Gasteiger partial charge on any atom is -0.444 e. The second kappa shape index (κ2) is 6.91. The number of nitrogens with zero attached hydrogens (tertiary/aromatic N) is 1. The fourth-order valence-corrected chi connectivity index (χ4v) is 3.76. The van der Waals surface area contributed by atoms with Crippen molar-refractivity contribution in [3.8, 4) is 0 Å². The number of amides is 1. The number of benzene rings is 1. The van der Waals surface area contributed by atoms with Gasteiger partial charge in [0.15, 0.2) is 0 Å². The van der Waals surface area contributed by atoms with E-state index in [1.54, 1.807) is 4.90 Å². The molecule has 1 aromatic rings. The van der Waals surface area contributed by atoms with E-state index in [2.05, 4.69) is 12.1 Å². The van der Waals surface area contributed by atoms with Crippen molar-refractivity contribution in [3.05, 3.63) is 35.9 Å². The Morgan fingerprint density at radius 3 is 2.50 bits per heavy atom. The normalized spacial score (nSPS) is 23.5. The van der Waals surface area contributed by atoms with Gasteiger partial charge in [0.05, 0.1) is 0 Å². The Morgan fingerprint density at radius 1 is 1.35 bits per heavy atom. The Hall–Kier alpha value is -2.08. The number of nitrogens with one attached hydrogen (secondary N) is 2. The molecule has 3 N–H and O–H groups in total. The second-order valence-corrected chi connectivity index (χ2v) is 8.55. The summed E-state index contributed by atoms with van der Waals surface area (Å²) in [6.07, 6.45) is 3.15. The van der Waals surface area contributed by atoms with Gasteiger partial charge < -0.3 is 9.64 Å². The predicted molar refractivity (Wildman–Crippen MR) is 99.5 cm³/mol. The van der Waals surface area contributed by atoms with Crippen molar-refractivity contribution in [1.29, 1.82) is 5.41 Å². The van der Waals surface area contributed by atoms with Gasteiger partial charge in [-0.3, -0.25) is 16.1 Å². The molecule has 0 radical (unpaired) electrons. The van der Waals surface area contributed by atoms with E-state index in [4.69, 9.17) is 10.1 Å². The molecule has 6 heteroatoms. The van der Waals surface area contributed by atoms with Crippen molar-refractivity contribution >= 4 is 11.9 Å². The maximum absolute atomic E-state index is 12.9. The number of hydrogen-bond donors (Lipinski definition) is 3. The van der Waals surface area contributed by atoms with Crippen molar-refractivity contribution < 1.29 is 14.7 Å². The van der Waals surface area contributed by atoms with Gasteiger partial charge in [0.2, 0.25) is 0 Å². The average Bonchev–Trinajstić information content (AvgIpc) is 3.33. The predicted octanol–water partition coefficient (Wildman–Crippen LogP) is 3.91. The zero-order chi connectivity index (χ0) is 18.9. The Bertz CT molecular complexity index is 665. The van der Waals surface area contributed by atoms with Gasteiger partial charge >= 0.3 is 6.09 Å². The van der Waals surface area contributed by atoms with E-state index in [1.807, 2.05) is 44.5 Å². The maximum Gasteiger partial charge on any atom is 0.410 e. The molecular weight excluding hydrogens is 330 g/mol. The average molecular weight is 359 g/mol. The third kappa shape index (κ3) is 3.85. The highest BCUT2D eigenvalue weighted by molar-refractivity contribution is 5.86. The molecule has 0 bridgehead atoms. The fraction of sp³-hybridized carbons (Fsp3) is 0.600. The third-order valence-corrected chi connectivity index (χ3v) is 5.44. The monoisotopic (exact) mass is 359 g/mol. The first-order chi connectivity index (χ1) is 12.3. The highest BCUT2D eigenvalue weighted by Crippen LogP contribution is 2.49. The van der Waals surface area contributed by atoms with Crippen LogP contribution in [0.4, 0.5) is 4.79 Å². The fourth-order valence-electron chi connectivity index (χ4n) is 3.76. The van der Waals surface area contributed by atoms with Crippen LogP contribution in [-0.2, 0) is 4.74 Å². The number of hydroxylamine groups is 1. The molecule has 1 aromatic carbocycles. The van der Waals surface area contributed by atoms with Gasteiger partial charge in [0, 0.05) is 23.9 Å². The van der Waals surface area contributed by atoms with Gasteiger partial charge in [0.25, 0.3) is 0 Å². The lowest BCUT2D eigenvalue weighted by atomic mass is 9.67. The van der Waals surface area contributed by atoms with Gasteiger partial charge in [-0.05, 0) is 45.6 Å². The number of ether oxygens (including phenoxy) is 1. The van der Waals surface area contributed by atoms with Gasteiger partial charge in [-0.15, -0.1) is 0 Å². The van der Waals surface area contributed by atoms with Crippen molar-refractivity contribution in [3.63, 3.8) is 0 Å². The zero-order valence-corrected chi connectivity index (χ0v) is 15.8. The number of amidine groups is 1. The van der Waals surface area contributed by atoms with Crippen molar-refractivity contribution in [2.75, 3.05) is 6.54 Å². The molecule has 142 valence electrons. The summed E-state index contributed by atoms with van der Waals surface area (Å²) < 4.78 is 5.65. The summed E-state index contributed by atoms with van der Waals surface area (Å²) in [5, 5.41) is 17.3. The van der Waals surface area contributed by atoms with Gasteiger partial charge in [-0.2, -0.15) is 0 Å². The summed E-state index contributed by atoms with van der Waals surface area (Å²) in [6.45, 7) is 5.99. The summed E-state index contributed by atoms with van der Waals surface area (Å²) in [4.78, 5) is 14.7. The molecule has 1 amide bonds. The second-order valence-electron chi connectivity index (χ2n) is 8.55. The molecule has 6 nitrogen and oxygen atoms in total. The van der Waals surface area contributed by atoms with Crippen LogP contribution in [0.3, 0.4) is 0 Å². The van der Waals surface area contributed by atoms with E-state index < -0.39 is 11.0 Å². The zero-order valence-electron chi connectivity index (χ0n) is 15.8. The van der Waals surface area contributed by atoms with E-state index in [1.165, 1.54) is 5.56 Å². The molecule has 2 atom stereocenters. The standard InChI is InChI=1S/C20H29N3O3/c1-19(2,3)26-18(24)23(13-20(10-7-11-20)17(21)22-25)16-12-15(16)14-8-5-4-6-9-14/h4-6,8-9,15-16,25H,7,10-13H2,1-3H3,(H2,21,22). The maximum atomic E-state index is 12.9. The highest BCUT2D eigenvalue weighted by atomic mass is 16.6. The van der Waals surface area contributed by atoms with E-state index in [0.29, 0.717) is 12.5 Å². The molecule has 0 heterocycles. The number of rotatable bonds is 5. The first kappa shape index (κ1) is 18.7. The Balaban J connectivity index is 1.79. The summed E-state index contributed by atoms with van der Waals surface area (Å²) in [5.74, 6) is 0.395. The van der Waals surface area contributed by atoms with E-state index in [9.17, 15) is 10.0 Å². The van der Waals surface area contributed by atoms with Crippen LogP contribution < -0.4 is 5.48 Å². The van der Waals surface area contributed by atoms with Crippen LogP contribution in [0.5, 0.6) is 0 Å². The number of carbonyl (C=O) groups is 1. The van der Waals surface area contributed by atoms with Gasteiger partial charge in [0.1, 0.15) is 11.4 Å². The molecule has 2 aliphatic carbocycles. The lowest BCUT2D eigenvalue weighted by Gasteiger charge is -2.44. The lowest BCUT2D eigenvalue weighted by molar-refractivity contribution is 0.0105. The molecule has 3 rings (SSSR count). The van der Waals surface area contributed by atoms with Crippen molar-refractivity contribution in [2.45, 2.75) is 64.0 Å². The third-order valence-electron chi connectivity index (χ3n) is 5.44. The van der Waals surface area contributed by atoms with Crippen molar-refractivity contribution in [1.82, 2.24) is 10.4 Å². The molecule has 0 spiro atoms. The van der Waals surface area contributed by atoms with Gasteiger partial charge in [-0.25, -0.2) is 4.79 Å². The first-order valence-electron chi connectivity index (χ1n) is 9.29. The smallest absolute Gasteiger partial charge is 0.410 e. The first-order valence-corrected chi connectivity index (χ1v) is 9.29. The minimum atomic E-state index is -0.567. The van der Waals surface area contributed by atoms with E-state index >= 15 is 0 Å². The van der Waals surface area contributed by atoms with Crippen LogP contribution in [0, 0.1) is 10.8 Å². The summed E-state index contributed by atoms with van der Waals surface area (Å²) in [6, 6.07) is 10.3. The topological polar surface area (TPSA) is 85.7 Å². The molecule has 26 heavy (non-hydrogen) atoms. The molecule has 0 saturated heterocycles. The Labute approximate surface area is 155 Å². The van der Waals surface area contributed by atoms with Crippen LogP contribution >= 0.6 is 0 Å². The van der Waals surface area contributed by atoms with Crippen LogP contribution in [0.2, 0.25) is 0 Å². The summed E-state index contributed by atoms with van der Waals surface area (Å²) in [7, 11) is 0. The van der Waals surface area contributed by atoms with Crippen LogP contribution in [0.25, 0.3) is 0 Å².